The topological polar surface area (TPSA) is 58.9 Å². The van der Waals surface area contributed by atoms with Crippen molar-refractivity contribution in [1.82, 2.24) is 4.98 Å². The zero-order valence-corrected chi connectivity index (χ0v) is 16.3. The Balaban J connectivity index is 0.00000163. The van der Waals surface area contributed by atoms with Gasteiger partial charge in [-0.3, -0.25) is 4.79 Å². The zero-order chi connectivity index (χ0) is 19.5. The third-order valence-corrected chi connectivity index (χ3v) is 3.83. The minimum absolute atomic E-state index is 0.723. The highest BCUT2D eigenvalue weighted by molar-refractivity contribution is 5.88. The van der Waals surface area contributed by atoms with Crippen molar-refractivity contribution < 1.29 is 4.79 Å². The molecule has 1 heterocycles. The third kappa shape index (κ3) is 5.62. The van der Waals surface area contributed by atoms with Crippen molar-refractivity contribution in [2.75, 3.05) is 5.73 Å². The van der Waals surface area contributed by atoms with Crippen LogP contribution < -0.4 is 5.73 Å². The fourth-order valence-corrected chi connectivity index (χ4v) is 2.59. The first-order valence-electron chi connectivity index (χ1n) is 9.15. The van der Waals surface area contributed by atoms with Crippen molar-refractivity contribution in [3.63, 3.8) is 0 Å². The van der Waals surface area contributed by atoms with Gasteiger partial charge in [-0.15, -0.1) is 0 Å². The van der Waals surface area contributed by atoms with E-state index in [2.05, 4.69) is 18.5 Å². The van der Waals surface area contributed by atoms with E-state index in [0.717, 1.165) is 58.5 Å². The number of nitrogens with one attached hydrogen (secondary N) is 1. The van der Waals surface area contributed by atoms with Crippen molar-refractivity contribution >= 4 is 23.1 Å². The second-order valence-electron chi connectivity index (χ2n) is 5.73. The number of aldehydes is 1. The number of anilines is 1. The molecule has 0 fully saturated rings. The molecule has 0 aliphatic heterocycles. The molecule has 1 aromatic carbocycles. The molecule has 0 aliphatic rings. The molecule has 0 unspecified atom stereocenters. The molecule has 0 saturated heterocycles. The molecule has 1 aromatic heterocycles. The van der Waals surface area contributed by atoms with Crippen LogP contribution >= 0.6 is 0 Å². The highest BCUT2D eigenvalue weighted by Gasteiger charge is 2.09. The average Bonchev–Trinajstić information content (AvgIpc) is 3.07. The Kier molecular flexibility index (Phi) is 8.93. The van der Waals surface area contributed by atoms with E-state index >= 15 is 0 Å². The molecule has 3 N–H and O–H groups in total. The molecular formula is C23H30N2O. The lowest BCUT2D eigenvalue weighted by Crippen LogP contribution is -1.89. The van der Waals surface area contributed by atoms with Gasteiger partial charge in [0, 0.05) is 22.6 Å². The van der Waals surface area contributed by atoms with Crippen LogP contribution in [0, 0.1) is 0 Å². The number of benzene rings is 1. The number of aryl methyl sites for hydroxylation is 1. The van der Waals surface area contributed by atoms with Crippen LogP contribution in [0.3, 0.4) is 0 Å². The minimum Gasteiger partial charge on any atom is -0.399 e. The number of nitrogens with two attached hydrogens (primary N) is 1. The Hall–Kier alpha value is -2.81. The molecule has 3 nitrogen and oxygen atoms in total. The quantitative estimate of drug-likeness (QED) is 0.362. The van der Waals surface area contributed by atoms with Gasteiger partial charge in [-0.25, -0.2) is 0 Å². The Morgan fingerprint density at radius 1 is 1.23 bits per heavy atom. The largest absolute Gasteiger partial charge is 0.399 e. The zero-order valence-electron chi connectivity index (χ0n) is 16.3. The summed E-state index contributed by atoms with van der Waals surface area (Å²) < 4.78 is 0. The molecule has 0 spiro atoms. The van der Waals surface area contributed by atoms with Gasteiger partial charge in [0.1, 0.15) is 0 Å². The van der Waals surface area contributed by atoms with Crippen LogP contribution in [-0.4, -0.2) is 11.3 Å². The third-order valence-electron chi connectivity index (χ3n) is 3.83. The van der Waals surface area contributed by atoms with Crippen LogP contribution in [0.25, 0.3) is 11.1 Å². The second-order valence-corrected chi connectivity index (χ2v) is 5.73. The molecule has 26 heavy (non-hydrogen) atoms. The Morgan fingerprint density at radius 2 is 1.88 bits per heavy atom. The van der Waals surface area contributed by atoms with Gasteiger partial charge in [-0.05, 0) is 54.3 Å². The molecule has 0 bridgehead atoms. The standard InChI is InChI=1S/C21H24N2O.C2H6/c1-4-6-17(12-15(3)16-8-10-19(22)11-9-16)21-13-18(14-24)20(23-21)7-5-2;1-2/h4,6,8-14,23H,3,5,7,22H2,1-2H3;1-2H3/b6-4-,17-12+;. The van der Waals surface area contributed by atoms with E-state index in [1.54, 1.807) is 0 Å². The fraction of sp³-hybridized carbons (Fsp3) is 0.261. The van der Waals surface area contributed by atoms with E-state index in [-0.39, 0.29) is 0 Å². The van der Waals surface area contributed by atoms with Gasteiger partial charge >= 0.3 is 0 Å². The van der Waals surface area contributed by atoms with Crippen molar-refractivity contribution in [1.29, 1.82) is 0 Å². The van der Waals surface area contributed by atoms with E-state index < -0.39 is 0 Å². The van der Waals surface area contributed by atoms with Crippen LogP contribution in [0.5, 0.6) is 0 Å². The molecular weight excluding hydrogens is 320 g/mol. The molecule has 0 aliphatic carbocycles. The lowest BCUT2D eigenvalue weighted by Gasteiger charge is -2.05. The van der Waals surface area contributed by atoms with Gasteiger partial charge in [0.15, 0.2) is 6.29 Å². The summed E-state index contributed by atoms with van der Waals surface area (Å²) in [5.41, 5.74) is 12.0. The summed E-state index contributed by atoms with van der Waals surface area (Å²) in [4.78, 5) is 14.7. The predicted octanol–water partition coefficient (Wildman–Crippen LogP) is 6.06. The van der Waals surface area contributed by atoms with Crippen LogP contribution in [0.4, 0.5) is 5.69 Å². The van der Waals surface area contributed by atoms with Gasteiger partial charge < -0.3 is 10.7 Å². The summed E-state index contributed by atoms with van der Waals surface area (Å²) >= 11 is 0. The number of allylic oxidation sites excluding steroid dienone is 5. The number of carbonyl (C=O) groups excluding carboxylic acids is 1. The van der Waals surface area contributed by atoms with Crippen LogP contribution in [0.15, 0.2) is 55.1 Å². The Bertz CT molecular complexity index is 777. The smallest absolute Gasteiger partial charge is 0.151 e. The van der Waals surface area contributed by atoms with E-state index in [4.69, 9.17) is 5.73 Å². The summed E-state index contributed by atoms with van der Waals surface area (Å²) in [6, 6.07) is 9.54. The summed E-state index contributed by atoms with van der Waals surface area (Å²) in [5.74, 6) is 0. The van der Waals surface area contributed by atoms with Crippen LogP contribution in [0.2, 0.25) is 0 Å². The number of hydrogen-bond donors (Lipinski definition) is 2. The number of aromatic nitrogens is 1. The normalized spacial score (nSPS) is 11.2. The first-order chi connectivity index (χ1) is 12.6. The number of H-pyrrole nitrogens is 1. The maximum Gasteiger partial charge on any atom is 0.151 e. The van der Waals surface area contributed by atoms with E-state index in [1.807, 2.05) is 69.3 Å². The number of rotatable bonds is 7. The summed E-state index contributed by atoms with van der Waals surface area (Å²) in [7, 11) is 0. The second kappa shape index (κ2) is 10.9. The molecule has 3 heteroatoms. The monoisotopic (exact) mass is 350 g/mol. The molecule has 0 saturated carbocycles. The van der Waals surface area contributed by atoms with Crippen LogP contribution in [0.1, 0.15) is 61.4 Å². The lowest BCUT2D eigenvalue weighted by atomic mass is 10.0. The number of carbonyl (C=O) groups is 1. The maximum absolute atomic E-state index is 11.3. The van der Waals surface area contributed by atoms with Crippen LogP contribution in [-0.2, 0) is 6.42 Å². The number of aromatic amines is 1. The summed E-state index contributed by atoms with van der Waals surface area (Å²) in [5, 5.41) is 0. The highest BCUT2D eigenvalue weighted by atomic mass is 16.1. The number of hydrogen-bond acceptors (Lipinski definition) is 2. The van der Waals surface area contributed by atoms with Gasteiger partial charge in [-0.2, -0.15) is 0 Å². The molecule has 0 atom stereocenters. The van der Waals surface area contributed by atoms with Gasteiger partial charge in [0.25, 0.3) is 0 Å². The molecule has 138 valence electrons. The first kappa shape index (κ1) is 21.2. The Labute approximate surface area is 157 Å². The SMILES string of the molecule is C=C(/C=C(\C=C/C)c1cc(C=O)c(CCC)[nH]1)c1ccc(N)cc1.CC. The molecule has 2 rings (SSSR count). The van der Waals surface area contributed by atoms with Gasteiger partial charge in [-0.1, -0.05) is 58.1 Å². The van der Waals surface area contributed by atoms with E-state index in [1.165, 1.54) is 0 Å². The Morgan fingerprint density at radius 3 is 2.42 bits per heavy atom. The summed E-state index contributed by atoms with van der Waals surface area (Å²) in [6.07, 6.45) is 8.76. The lowest BCUT2D eigenvalue weighted by molar-refractivity contribution is 0.112. The van der Waals surface area contributed by atoms with E-state index in [0.29, 0.717) is 0 Å². The highest BCUT2D eigenvalue weighted by Crippen LogP contribution is 2.24. The number of nitrogen functional groups attached to an aromatic ring is 1. The average molecular weight is 351 g/mol. The van der Waals surface area contributed by atoms with Crippen molar-refractivity contribution in [2.24, 2.45) is 0 Å². The van der Waals surface area contributed by atoms with Crippen molar-refractivity contribution in [2.45, 2.75) is 40.5 Å². The maximum atomic E-state index is 11.3. The van der Waals surface area contributed by atoms with Gasteiger partial charge in [0.05, 0.1) is 0 Å². The molecule has 2 aromatic rings. The minimum atomic E-state index is 0.723. The predicted molar refractivity (Wildman–Crippen MR) is 114 cm³/mol. The van der Waals surface area contributed by atoms with Crippen molar-refractivity contribution in [3.8, 4) is 0 Å². The van der Waals surface area contributed by atoms with Gasteiger partial charge in [0.2, 0.25) is 0 Å². The summed E-state index contributed by atoms with van der Waals surface area (Å²) in [6.45, 7) is 12.2. The fourth-order valence-electron chi connectivity index (χ4n) is 2.59. The van der Waals surface area contributed by atoms with E-state index in [9.17, 15) is 4.79 Å². The molecule has 0 amide bonds. The van der Waals surface area contributed by atoms with Crippen molar-refractivity contribution in [3.05, 3.63) is 77.7 Å². The first-order valence-corrected chi connectivity index (χ1v) is 9.15. The molecule has 0 radical (unpaired) electrons.